The van der Waals surface area contributed by atoms with Crippen molar-refractivity contribution in [1.29, 1.82) is 0 Å². The Morgan fingerprint density at radius 1 is 1.10 bits per heavy atom. The van der Waals surface area contributed by atoms with Crippen LogP contribution < -0.4 is 5.32 Å². The number of aromatic nitrogens is 3. The Labute approximate surface area is 120 Å². The number of phenols is 1. The Balaban J connectivity index is 1.75. The lowest BCUT2D eigenvalue weighted by atomic mass is 10.2. The molecule has 0 saturated carbocycles. The van der Waals surface area contributed by atoms with Crippen LogP contribution in [0.15, 0.2) is 54.9 Å². The molecule has 3 rings (SSSR count). The largest absolute Gasteiger partial charge is 0.508 e. The third kappa shape index (κ3) is 2.89. The highest BCUT2D eigenvalue weighted by Crippen LogP contribution is 2.19. The van der Waals surface area contributed by atoms with Gasteiger partial charge in [-0.25, -0.2) is 0 Å². The number of pyridine rings is 1. The monoisotopic (exact) mass is 280 g/mol. The molecule has 3 aromatic rings. The summed E-state index contributed by atoms with van der Waals surface area (Å²) < 4.78 is 0. The van der Waals surface area contributed by atoms with Crippen molar-refractivity contribution in [2.24, 2.45) is 0 Å². The van der Waals surface area contributed by atoms with Crippen molar-refractivity contribution in [3.05, 3.63) is 60.4 Å². The number of carbonyl (C=O) groups is 1. The molecule has 0 atom stereocenters. The molecule has 0 fully saturated rings. The summed E-state index contributed by atoms with van der Waals surface area (Å²) in [5.41, 5.74) is 2.17. The van der Waals surface area contributed by atoms with E-state index in [0.717, 1.165) is 11.3 Å². The minimum Gasteiger partial charge on any atom is -0.508 e. The van der Waals surface area contributed by atoms with Gasteiger partial charge in [-0.1, -0.05) is 0 Å². The van der Waals surface area contributed by atoms with Crippen LogP contribution in [0.3, 0.4) is 0 Å². The van der Waals surface area contributed by atoms with E-state index in [1.807, 2.05) is 12.1 Å². The van der Waals surface area contributed by atoms with E-state index in [9.17, 15) is 9.90 Å². The molecular weight excluding hydrogens is 268 g/mol. The van der Waals surface area contributed by atoms with Crippen LogP contribution in [0.2, 0.25) is 0 Å². The Morgan fingerprint density at radius 2 is 1.81 bits per heavy atom. The number of hydrogen-bond donors (Lipinski definition) is 3. The van der Waals surface area contributed by atoms with Crippen LogP contribution >= 0.6 is 0 Å². The van der Waals surface area contributed by atoms with Crippen molar-refractivity contribution in [2.75, 3.05) is 5.32 Å². The van der Waals surface area contributed by atoms with Crippen LogP contribution in [0, 0.1) is 0 Å². The predicted octanol–water partition coefficient (Wildman–Crippen LogP) is 2.43. The molecule has 0 aliphatic carbocycles. The van der Waals surface area contributed by atoms with Crippen molar-refractivity contribution in [1.82, 2.24) is 15.2 Å². The Hall–Kier alpha value is -3.15. The van der Waals surface area contributed by atoms with Gasteiger partial charge in [0.25, 0.3) is 5.91 Å². The van der Waals surface area contributed by atoms with Gasteiger partial charge in [0.2, 0.25) is 0 Å². The van der Waals surface area contributed by atoms with Crippen molar-refractivity contribution in [3.63, 3.8) is 0 Å². The molecule has 0 aliphatic heterocycles. The number of aromatic amines is 1. The molecule has 6 heteroatoms. The summed E-state index contributed by atoms with van der Waals surface area (Å²) >= 11 is 0. The summed E-state index contributed by atoms with van der Waals surface area (Å²) in [6.07, 6.45) is 3.37. The first-order chi connectivity index (χ1) is 10.2. The number of phenolic OH excluding ortho intramolecular Hbond substituents is 1. The smallest absolute Gasteiger partial charge is 0.256 e. The van der Waals surface area contributed by atoms with Gasteiger partial charge >= 0.3 is 0 Å². The maximum Gasteiger partial charge on any atom is 0.256 e. The number of aromatic hydroxyl groups is 1. The summed E-state index contributed by atoms with van der Waals surface area (Å²) in [6, 6.07) is 11.4. The van der Waals surface area contributed by atoms with Gasteiger partial charge in [0, 0.05) is 29.6 Å². The molecule has 0 spiro atoms. The SMILES string of the molecule is O=C(Nc1cc(-c2ccncc2)[nH]n1)c1ccc(O)cc1. The topological polar surface area (TPSA) is 90.9 Å². The number of nitrogens with zero attached hydrogens (tertiary/aromatic N) is 2. The van der Waals surface area contributed by atoms with Crippen LogP contribution in [0.1, 0.15) is 10.4 Å². The van der Waals surface area contributed by atoms with Gasteiger partial charge in [-0.05, 0) is 36.4 Å². The van der Waals surface area contributed by atoms with E-state index in [0.29, 0.717) is 11.4 Å². The highest BCUT2D eigenvalue weighted by molar-refractivity contribution is 6.04. The normalized spacial score (nSPS) is 10.3. The minimum atomic E-state index is -0.289. The second-order valence-electron chi connectivity index (χ2n) is 4.40. The van der Waals surface area contributed by atoms with Gasteiger partial charge in [-0.15, -0.1) is 0 Å². The van der Waals surface area contributed by atoms with Gasteiger partial charge in [-0.3, -0.25) is 14.9 Å². The van der Waals surface area contributed by atoms with Gasteiger partial charge < -0.3 is 10.4 Å². The second-order valence-corrected chi connectivity index (χ2v) is 4.40. The van der Waals surface area contributed by atoms with Crippen LogP contribution in [0.5, 0.6) is 5.75 Å². The third-order valence-electron chi connectivity index (χ3n) is 2.94. The van der Waals surface area contributed by atoms with Crippen molar-refractivity contribution < 1.29 is 9.90 Å². The van der Waals surface area contributed by atoms with Crippen molar-refractivity contribution >= 4 is 11.7 Å². The number of amides is 1. The van der Waals surface area contributed by atoms with E-state index in [4.69, 9.17) is 0 Å². The van der Waals surface area contributed by atoms with E-state index < -0.39 is 0 Å². The standard InChI is InChI=1S/C15H12N4O2/c20-12-3-1-11(2-4-12)15(21)17-14-9-13(18-19-14)10-5-7-16-8-6-10/h1-9,20H,(H2,17,18,19,21). The van der Waals surface area contributed by atoms with Crippen molar-refractivity contribution in [3.8, 4) is 17.0 Å². The fourth-order valence-corrected chi connectivity index (χ4v) is 1.87. The molecule has 104 valence electrons. The quantitative estimate of drug-likeness (QED) is 0.687. The van der Waals surface area contributed by atoms with Crippen LogP contribution in [-0.2, 0) is 0 Å². The summed E-state index contributed by atoms with van der Waals surface area (Å²) in [5, 5.41) is 18.8. The molecule has 3 N–H and O–H groups in total. The molecular formula is C15H12N4O2. The van der Waals surface area contributed by atoms with Gasteiger partial charge in [0.1, 0.15) is 5.75 Å². The lowest BCUT2D eigenvalue weighted by Crippen LogP contribution is -2.11. The number of nitrogens with one attached hydrogen (secondary N) is 2. The van der Waals surface area contributed by atoms with E-state index in [-0.39, 0.29) is 11.7 Å². The van der Waals surface area contributed by atoms with Gasteiger partial charge in [0.15, 0.2) is 5.82 Å². The number of rotatable bonds is 3. The fourth-order valence-electron chi connectivity index (χ4n) is 1.87. The second kappa shape index (κ2) is 5.46. The average Bonchev–Trinajstić information content (AvgIpc) is 2.97. The molecule has 0 radical (unpaired) electrons. The number of anilines is 1. The molecule has 2 heterocycles. The molecule has 0 bridgehead atoms. The number of benzene rings is 1. The Morgan fingerprint density at radius 3 is 2.52 bits per heavy atom. The highest BCUT2D eigenvalue weighted by Gasteiger charge is 2.09. The van der Waals surface area contributed by atoms with Gasteiger partial charge in [0.05, 0.1) is 5.69 Å². The van der Waals surface area contributed by atoms with Crippen molar-refractivity contribution in [2.45, 2.75) is 0 Å². The van der Waals surface area contributed by atoms with Crippen LogP contribution in [0.25, 0.3) is 11.3 Å². The lowest BCUT2D eigenvalue weighted by Gasteiger charge is -2.01. The maximum atomic E-state index is 12.0. The summed E-state index contributed by atoms with van der Waals surface area (Å²) in [6.45, 7) is 0. The minimum absolute atomic E-state index is 0.117. The molecule has 1 amide bonds. The van der Waals surface area contributed by atoms with Crippen LogP contribution in [0.4, 0.5) is 5.82 Å². The summed E-state index contributed by atoms with van der Waals surface area (Å²) in [4.78, 5) is 16.0. The van der Waals surface area contributed by atoms with E-state index >= 15 is 0 Å². The average molecular weight is 280 g/mol. The van der Waals surface area contributed by atoms with E-state index in [1.54, 1.807) is 30.6 Å². The molecule has 0 saturated heterocycles. The zero-order valence-electron chi connectivity index (χ0n) is 10.9. The Kier molecular flexibility index (Phi) is 3.34. The summed E-state index contributed by atoms with van der Waals surface area (Å²) in [5.74, 6) is 0.258. The maximum absolute atomic E-state index is 12.0. The first-order valence-electron chi connectivity index (χ1n) is 6.28. The zero-order valence-corrected chi connectivity index (χ0v) is 10.9. The number of hydrogen-bond acceptors (Lipinski definition) is 4. The lowest BCUT2D eigenvalue weighted by molar-refractivity contribution is 0.102. The molecule has 2 aromatic heterocycles. The van der Waals surface area contributed by atoms with E-state index in [2.05, 4.69) is 20.5 Å². The van der Waals surface area contributed by atoms with E-state index in [1.165, 1.54) is 12.1 Å². The summed E-state index contributed by atoms with van der Waals surface area (Å²) in [7, 11) is 0. The molecule has 21 heavy (non-hydrogen) atoms. The molecule has 6 nitrogen and oxygen atoms in total. The van der Waals surface area contributed by atoms with Gasteiger partial charge in [-0.2, -0.15) is 5.10 Å². The first-order valence-corrected chi connectivity index (χ1v) is 6.28. The molecule has 0 unspecified atom stereocenters. The zero-order chi connectivity index (χ0) is 14.7. The molecule has 1 aromatic carbocycles. The van der Waals surface area contributed by atoms with Crippen LogP contribution in [-0.4, -0.2) is 26.2 Å². The highest BCUT2D eigenvalue weighted by atomic mass is 16.3. The number of carbonyl (C=O) groups excluding carboxylic acids is 1. The first kappa shape index (κ1) is 12.9. The number of H-pyrrole nitrogens is 1. The third-order valence-corrected chi connectivity index (χ3v) is 2.94. The predicted molar refractivity (Wildman–Crippen MR) is 77.9 cm³/mol. The fraction of sp³-hybridized carbons (Fsp3) is 0. The molecule has 0 aliphatic rings. The Bertz CT molecular complexity index is 751.